The van der Waals surface area contributed by atoms with Crippen molar-refractivity contribution in [2.75, 3.05) is 17.3 Å². The first-order valence-corrected chi connectivity index (χ1v) is 11.1. The van der Waals surface area contributed by atoms with Crippen molar-refractivity contribution < 1.29 is 27.9 Å². The summed E-state index contributed by atoms with van der Waals surface area (Å²) in [5.41, 5.74) is -0.936. The van der Waals surface area contributed by atoms with Crippen LogP contribution in [0.4, 0.5) is 20.2 Å². The molecule has 188 valence electrons. The molecular formula is C27H27F2N3O4. The van der Waals surface area contributed by atoms with E-state index in [9.17, 15) is 18.8 Å². The number of rotatable bonds is 6. The van der Waals surface area contributed by atoms with Crippen LogP contribution in [0.3, 0.4) is 0 Å². The van der Waals surface area contributed by atoms with Gasteiger partial charge in [0.25, 0.3) is 0 Å². The fourth-order valence-corrected chi connectivity index (χ4v) is 3.50. The van der Waals surface area contributed by atoms with Gasteiger partial charge in [-0.3, -0.25) is 19.3 Å². The second-order valence-electron chi connectivity index (χ2n) is 8.98. The van der Waals surface area contributed by atoms with Crippen LogP contribution in [0.2, 0.25) is 0 Å². The molecule has 0 saturated heterocycles. The molecule has 0 aliphatic rings. The van der Waals surface area contributed by atoms with Crippen LogP contribution >= 0.6 is 0 Å². The predicted octanol–water partition coefficient (Wildman–Crippen LogP) is 4.60. The van der Waals surface area contributed by atoms with Gasteiger partial charge in [-0.25, -0.2) is 8.78 Å². The van der Waals surface area contributed by atoms with E-state index < -0.39 is 40.9 Å². The van der Waals surface area contributed by atoms with Gasteiger partial charge >= 0.3 is 11.8 Å². The van der Waals surface area contributed by atoms with Gasteiger partial charge in [-0.05, 0) is 62.7 Å². The number of ether oxygens (including phenoxy) is 1. The van der Waals surface area contributed by atoms with E-state index in [1.165, 1.54) is 43.5 Å². The Morgan fingerprint density at radius 2 is 1.44 bits per heavy atom. The molecule has 9 heteroatoms. The molecule has 1 atom stereocenters. The summed E-state index contributed by atoms with van der Waals surface area (Å²) in [4.78, 5) is 40.8. The van der Waals surface area contributed by atoms with Crippen LogP contribution in [0.25, 0.3) is 0 Å². The zero-order valence-electron chi connectivity index (χ0n) is 20.3. The Kier molecular flexibility index (Phi) is 8.03. The van der Waals surface area contributed by atoms with Crippen molar-refractivity contribution in [1.82, 2.24) is 5.32 Å². The Morgan fingerprint density at radius 3 is 2.00 bits per heavy atom. The number of benzene rings is 3. The maximum Gasteiger partial charge on any atom is 0.317 e. The maximum atomic E-state index is 15.0. The molecule has 0 aromatic heterocycles. The van der Waals surface area contributed by atoms with Gasteiger partial charge in [0.1, 0.15) is 23.4 Å². The molecule has 3 rings (SSSR count). The second-order valence-corrected chi connectivity index (χ2v) is 8.98. The normalized spacial score (nSPS) is 11.8. The van der Waals surface area contributed by atoms with Gasteiger partial charge in [-0.1, -0.05) is 36.4 Å². The fourth-order valence-electron chi connectivity index (χ4n) is 3.50. The molecule has 3 amide bonds. The summed E-state index contributed by atoms with van der Waals surface area (Å²) >= 11 is 0. The van der Waals surface area contributed by atoms with E-state index in [0.29, 0.717) is 11.3 Å². The molecule has 0 radical (unpaired) electrons. The summed E-state index contributed by atoms with van der Waals surface area (Å²) < 4.78 is 34.3. The van der Waals surface area contributed by atoms with E-state index in [0.717, 1.165) is 17.0 Å². The number of methoxy groups -OCH3 is 1. The molecule has 36 heavy (non-hydrogen) atoms. The number of anilines is 2. The predicted molar refractivity (Wildman–Crippen MR) is 133 cm³/mol. The number of nitrogens with one attached hydrogen (secondary N) is 2. The highest BCUT2D eigenvalue weighted by atomic mass is 19.1. The smallest absolute Gasteiger partial charge is 0.317 e. The van der Waals surface area contributed by atoms with Crippen LogP contribution in [0.1, 0.15) is 32.4 Å². The lowest BCUT2D eigenvalue weighted by Gasteiger charge is -2.33. The quantitative estimate of drug-likeness (QED) is 0.490. The monoisotopic (exact) mass is 495 g/mol. The third-order valence-corrected chi connectivity index (χ3v) is 5.08. The zero-order valence-corrected chi connectivity index (χ0v) is 20.3. The number of carbonyl (C=O) groups is 3. The first-order chi connectivity index (χ1) is 17.0. The first-order valence-electron chi connectivity index (χ1n) is 11.1. The number of hydrogen-bond acceptors (Lipinski definition) is 4. The summed E-state index contributed by atoms with van der Waals surface area (Å²) in [6.07, 6.45) is 0. The fraction of sp³-hybridized carbons (Fsp3) is 0.222. The Morgan fingerprint density at radius 1 is 0.861 bits per heavy atom. The lowest BCUT2D eigenvalue weighted by Crippen LogP contribution is -2.51. The number of carbonyl (C=O) groups excluding carboxylic acids is 3. The third-order valence-electron chi connectivity index (χ3n) is 5.08. The molecule has 3 aromatic carbocycles. The number of amides is 3. The van der Waals surface area contributed by atoms with Crippen LogP contribution in [-0.4, -0.2) is 30.4 Å². The summed E-state index contributed by atoms with van der Waals surface area (Å²) in [5, 5.41) is 5.00. The van der Waals surface area contributed by atoms with E-state index in [-0.39, 0.29) is 11.4 Å². The van der Waals surface area contributed by atoms with Gasteiger partial charge in [0.2, 0.25) is 5.91 Å². The minimum absolute atomic E-state index is 0.232. The molecular weight excluding hydrogens is 468 g/mol. The van der Waals surface area contributed by atoms with Gasteiger partial charge in [-0.2, -0.15) is 0 Å². The molecule has 2 N–H and O–H groups in total. The zero-order chi connectivity index (χ0) is 26.5. The highest BCUT2D eigenvalue weighted by molar-refractivity contribution is 6.45. The third kappa shape index (κ3) is 6.24. The Bertz CT molecular complexity index is 1260. The molecule has 0 spiro atoms. The number of nitrogens with zero attached hydrogens (tertiary/aromatic N) is 1. The molecule has 0 unspecified atom stereocenters. The lowest BCUT2D eigenvalue weighted by molar-refractivity contribution is -0.136. The van der Waals surface area contributed by atoms with Crippen LogP contribution in [0.15, 0.2) is 72.8 Å². The van der Waals surface area contributed by atoms with Crippen LogP contribution < -0.4 is 20.3 Å². The Labute approximate surface area is 208 Å². The highest BCUT2D eigenvalue weighted by Crippen LogP contribution is 2.32. The molecule has 0 fully saturated rings. The van der Waals surface area contributed by atoms with Gasteiger partial charge in [0.05, 0.1) is 18.5 Å². The average molecular weight is 496 g/mol. The van der Waals surface area contributed by atoms with Crippen LogP contribution in [0, 0.1) is 11.6 Å². The van der Waals surface area contributed by atoms with E-state index >= 15 is 4.39 Å². The Hall–Kier alpha value is -4.27. The summed E-state index contributed by atoms with van der Waals surface area (Å²) in [6, 6.07) is 15.4. The SMILES string of the molecule is COc1ccc([C@@H](C(=O)NC(C)(C)C)N(C(=O)C(=O)Nc2ccccc2F)c2ccccc2F)cc1. The van der Waals surface area contributed by atoms with Crippen molar-refractivity contribution in [1.29, 1.82) is 0 Å². The molecule has 3 aromatic rings. The van der Waals surface area contributed by atoms with E-state index in [4.69, 9.17) is 4.74 Å². The minimum Gasteiger partial charge on any atom is -0.497 e. The summed E-state index contributed by atoms with van der Waals surface area (Å²) in [7, 11) is 1.47. The lowest BCUT2D eigenvalue weighted by atomic mass is 10.0. The minimum atomic E-state index is -1.44. The molecule has 0 aliphatic carbocycles. The molecule has 0 aliphatic heterocycles. The van der Waals surface area contributed by atoms with Crippen molar-refractivity contribution in [3.63, 3.8) is 0 Å². The first kappa shape index (κ1) is 26.3. The highest BCUT2D eigenvalue weighted by Gasteiger charge is 2.38. The van der Waals surface area contributed by atoms with Crippen molar-refractivity contribution >= 4 is 29.1 Å². The number of halogens is 2. The van der Waals surface area contributed by atoms with Crippen LogP contribution in [-0.2, 0) is 14.4 Å². The van der Waals surface area contributed by atoms with E-state index in [1.807, 2.05) is 0 Å². The maximum absolute atomic E-state index is 15.0. The molecule has 7 nitrogen and oxygen atoms in total. The molecule has 0 heterocycles. The molecule has 0 bridgehead atoms. The molecule has 0 saturated carbocycles. The largest absolute Gasteiger partial charge is 0.497 e. The average Bonchev–Trinajstić information content (AvgIpc) is 2.83. The van der Waals surface area contributed by atoms with E-state index in [1.54, 1.807) is 45.0 Å². The van der Waals surface area contributed by atoms with Crippen LogP contribution in [0.5, 0.6) is 5.75 Å². The number of hydrogen-bond donors (Lipinski definition) is 2. The van der Waals surface area contributed by atoms with Crippen molar-refractivity contribution in [2.24, 2.45) is 0 Å². The summed E-state index contributed by atoms with van der Waals surface area (Å²) in [5.74, 6) is -4.24. The topological polar surface area (TPSA) is 87.7 Å². The van der Waals surface area contributed by atoms with Crippen molar-refractivity contribution in [2.45, 2.75) is 32.4 Å². The number of para-hydroxylation sites is 2. The van der Waals surface area contributed by atoms with Gasteiger partial charge in [0.15, 0.2) is 0 Å². The van der Waals surface area contributed by atoms with Gasteiger partial charge in [-0.15, -0.1) is 0 Å². The van der Waals surface area contributed by atoms with Gasteiger partial charge < -0.3 is 15.4 Å². The van der Waals surface area contributed by atoms with Crippen molar-refractivity contribution in [3.05, 3.63) is 90.0 Å². The Balaban J connectivity index is 2.14. The van der Waals surface area contributed by atoms with E-state index in [2.05, 4.69) is 10.6 Å². The van der Waals surface area contributed by atoms with Crippen molar-refractivity contribution in [3.8, 4) is 5.75 Å². The summed E-state index contributed by atoms with van der Waals surface area (Å²) in [6.45, 7) is 5.24. The second kappa shape index (κ2) is 11.0. The standard InChI is InChI=1S/C27H27F2N3O4/c1-27(2,3)31-24(33)23(17-13-15-18(36-4)16-14-17)32(22-12-8-6-10-20(22)29)26(35)25(34)30-21-11-7-5-9-19(21)28/h5-16,23H,1-4H3,(H,30,34)(H,31,33)/t23-/m0/s1. The van der Waals surface area contributed by atoms with Gasteiger partial charge in [0, 0.05) is 5.54 Å².